The minimum absolute atomic E-state index is 0.0255. The third-order valence-electron chi connectivity index (χ3n) is 2.13. The van der Waals surface area contributed by atoms with E-state index < -0.39 is 0 Å². The smallest absolute Gasteiger partial charge is 0.166 e. The van der Waals surface area contributed by atoms with Crippen LogP contribution < -0.4 is 10.6 Å². The first kappa shape index (κ1) is 11.9. The zero-order chi connectivity index (χ0) is 11.1. The Hall–Kier alpha value is -1.13. The normalized spacial score (nSPS) is 11.9. The van der Waals surface area contributed by atoms with Crippen molar-refractivity contribution in [1.29, 1.82) is 0 Å². The van der Waals surface area contributed by atoms with Gasteiger partial charge in [0.05, 0.1) is 6.10 Å². The van der Waals surface area contributed by atoms with E-state index in [0.29, 0.717) is 11.7 Å². The van der Waals surface area contributed by atoms with Gasteiger partial charge in [-0.05, 0) is 17.8 Å². The lowest BCUT2D eigenvalue weighted by Gasteiger charge is -2.17. The highest BCUT2D eigenvalue weighted by Gasteiger charge is 2.09. The Morgan fingerprint density at radius 3 is 2.60 bits per heavy atom. The molecule has 0 aliphatic carbocycles. The van der Waals surface area contributed by atoms with Gasteiger partial charge < -0.3 is 15.4 Å². The Morgan fingerprint density at radius 2 is 2.07 bits per heavy atom. The zero-order valence-corrected chi connectivity index (χ0v) is 9.80. The fraction of sp³-hybridized carbons (Fsp3) is 0.364. The van der Waals surface area contributed by atoms with Gasteiger partial charge in [-0.1, -0.05) is 30.3 Å². The first-order valence-electron chi connectivity index (χ1n) is 4.81. The molecule has 1 aromatic carbocycles. The Labute approximate surface area is 95.8 Å². The first-order chi connectivity index (χ1) is 7.27. The standard InChI is InChI=1S/C11H16N2OS/c1-12-11(15)13-8-10(14-2)9-6-4-3-5-7-9/h3-7,10H,8H2,1-2H3,(H2,12,13,15)/t10-/m0/s1. The Balaban J connectivity index is 2.53. The van der Waals surface area contributed by atoms with E-state index in [2.05, 4.69) is 10.6 Å². The van der Waals surface area contributed by atoms with Gasteiger partial charge in [0.15, 0.2) is 5.11 Å². The minimum atomic E-state index is 0.0255. The summed E-state index contributed by atoms with van der Waals surface area (Å²) in [6.45, 7) is 0.667. The van der Waals surface area contributed by atoms with Gasteiger partial charge in [-0.25, -0.2) is 0 Å². The van der Waals surface area contributed by atoms with Gasteiger partial charge >= 0.3 is 0 Å². The zero-order valence-electron chi connectivity index (χ0n) is 8.99. The number of hydrogen-bond donors (Lipinski definition) is 2. The number of thiocarbonyl (C=S) groups is 1. The van der Waals surface area contributed by atoms with E-state index in [9.17, 15) is 0 Å². The van der Waals surface area contributed by atoms with Gasteiger partial charge in [-0.3, -0.25) is 0 Å². The Kier molecular flexibility index (Phi) is 5.07. The lowest BCUT2D eigenvalue weighted by molar-refractivity contribution is 0.106. The molecule has 0 saturated heterocycles. The maximum absolute atomic E-state index is 5.38. The van der Waals surface area contributed by atoms with Gasteiger partial charge in [0, 0.05) is 20.7 Å². The largest absolute Gasteiger partial charge is 0.375 e. The van der Waals surface area contributed by atoms with Gasteiger partial charge in [0.25, 0.3) is 0 Å². The summed E-state index contributed by atoms with van der Waals surface area (Å²) in [6, 6.07) is 10.1. The highest BCUT2D eigenvalue weighted by atomic mass is 32.1. The van der Waals surface area contributed by atoms with Gasteiger partial charge in [0.2, 0.25) is 0 Å². The molecular formula is C11H16N2OS. The summed E-state index contributed by atoms with van der Waals surface area (Å²) in [7, 11) is 3.49. The van der Waals surface area contributed by atoms with Crippen molar-refractivity contribution < 1.29 is 4.74 Å². The highest BCUT2D eigenvalue weighted by molar-refractivity contribution is 7.80. The van der Waals surface area contributed by atoms with Crippen LogP contribution in [0.5, 0.6) is 0 Å². The number of ether oxygens (including phenoxy) is 1. The van der Waals surface area contributed by atoms with Crippen molar-refractivity contribution in [2.75, 3.05) is 20.7 Å². The SMILES string of the molecule is CNC(=S)NC[C@H](OC)c1ccccc1. The van der Waals surface area contributed by atoms with Crippen LogP contribution in [-0.2, 0) is 4.74 Å². The van der Waals surface area contributed by atoms with Crippen LogP contribution >= 0.6 is 12.2 Å². The lowest BCUT2D eigenvalue weighted by atomic mass is 10.1. The molecule has 1 rings (SSSR count). The molecule has 15 heavy (non-hydrogen) atoms. The number of nitrogens with one attached hydrogen (secondary N) is 2. The molecule has 0 aliphatic rings. The molecule has 1 atom stereocenters. The molecule has 0 saturated carbocycles. The van der Waals surface area contributed by atoms with Crippen LogP contribution in [0, 0.1) is 0 Å². The van der Waals surface area contributed by atoms with Gasteiger partial charge in [0.1, 0.15) is 0 Å². The van der Waals surface area contributed by atoms with Crippen LogP contribution in [0.1, 0.15) is 11.7 Å². The van der Waals surface area contributed by atoms with Crippen LogP contribution in [0.2, 0.25) is 0 Å². The average molecular weight is 224 g/mol. The molecule has 0 radical (unpaired) electrons. The van der Waals surface area contributed by atoms with Gasteiger partial charge in [-0.2, -0.15) is 0 Å². The van der Waals surface area contributed by atoms with E-state index in [4.69, 9.17) is 17.0 Å². The van der Waals surface area contributed by atoms with E-state index in [1.54, 1.807) is 14.2 Å². The number of methoxy groups -OCH3 is 1. The molecular weight excluding hydrogens is 208 g/mol. The molecule has 1 aromatic rings. The average Bonchev–Trinajstić information content (AvgIpc) is 2.31. The van der Waals surface area contributed by atoms with E-state index in [-0.39, 0.29) is 6.10 Å². The van der Waals surface area contributed by atoms with E-state index in [1.807, 2.05) is 30.3 Å². The van der Waals surface area contributed by atoms with Crippen molar-refractivity contribution in [3.05, 3.63) is 35.9 Å². The molecule has 0 aliphatic heterocycles. The van der Waals surface area contributed by atoms with Crippen LogP contribution in [0.25, 0.3) is 0 Å². The number of rotatable bonds is 4. The maximum atomic E-state index is 5.38. The van der Waals surface area contributed by atoms with Crippen molar-refractivity contribution in [3.8, 4) is 0 Å². The third-order valence-corrected chi connectivity index (χ3v) is 2.48. The van der Waals surface area contributed by atoms with Crippen LogP contribution in [0.4, 0.5) is 0 Å². The van der Waals surface area contributed by atoms with Crippen molar-refractivity contribution in [2.45, 2.75) is 6.10 Å². The van der Waals surface area contributed by atoms with Crippen molar-refractivity contribution in [2.24, 2.45) is 0 Å². The molecule has 0 bridgehead atoms. The lowest BCUT2D eigenvalue weighted by Crippen LogP contribution is -2.35. The number of benzene rings is 1. The van der Waals surface area contributed by atoms with E-state index in [1.165, 1.54) is 0 Å². The van der Waals surface area contributed by atoms with E-state index in [0.717, 1.165) is 5.56 Å². The highest BCUT2D eigenvalue weighted by Crippen LogP contribution is 2.14. The quantitative estimate of drug-likeness (QED) is 0.759. The molecule has 0 aromatic heterocycles. The summed E-state index contributed by atoms with van der Waals surface area (Å²) < 4.78 is 5.38. The molecule has 0 unspecified atom stereocenters. The summed E-state index contributed by atoms with van der Waals surface area (Å²) in [5.74, 6) is 0. The fourth-order valence-corrected chi connectivity index (χ4v) is 1.36. The van der Waals surface area contributed by atoms with Gasteiger partial charge in [-0.15, -0.1) is 0 Å². The fourth-order valence-electron chi connectivity index (χ4n) is 1.28. The van der Waals surface area contributed by atoms with Crippen LogP contribution in [0.3, 0.4) is 0 Å². The summed E-state index contributed by atoms with van der Waals surface area (Å²) in [6.07, 6.45) is 0.0255. The molecule has 3 nitrogen and oxygen atoms in total. The maximum Gasteiger partial charge on any atom is 0.166 e. The molecule has 2 N–H and O–H groups in total. The summed E-state index contributed by atoms with van der Waals surface area (Å²) in [4.78, 5) is 0. The van der Waals surface area contributed by atoms with E-state index >= 15 is 0 Å². The molecule has 82 valence electrons. The minimum Gasteiger partial charge on any atom is -0.375 e. The van der Waals surface area contributed by atoms with Crippen LogP contribution in [-0.4, -0.2) is 25.8 Å². The monoisotopic (exact) mass is 224 g/mol. The second kappa shape index (κ2) is 6.37. The van der Waals surface area contributed by atoms with Crippen LogP contribution in [0.15, 0.2) is 30.3 Å². The third kappa shape index (κ3) is 3.85. The summed E-state index contributed by atoms with van der Waals surface area (Å²) >= 11 is 4.99. The van der Waals surface area contributed by atoms with Crippen molar-refractivity contribution in [1.82, 2.24) is 10.6 Å². The molecule has 0 spiro atoms. The van der Waals surface area contributed by atoms with Crippen molar-refractivity contribution in [3.63, 3.8) is 0 Å². The molecule has 4 heteroatoms. The first-order valence-corrected chi connectivity index (χ1v) is 5.22. The van der Waals surface area contributed by atoms with Crippen molar-refractivity contribution >= 4 is 17.3 Å². The predicted octanol–water partition coefficient (Wildman–Crippen LogP) is 1.47. The summed E-state index contributed by atoms with van der Waals surface area (Å²) in [5, 5.41) is 6.57. The summed E-state index contributed by atoms with van der Waals surface area (Å²) in [5.41, 5.74) is 1.14. The predicted molar refractivity (Wildman–Crippen MR) is 65.9 cm³/mol. The second-order valence-corrected chi connectivity index (χ2v) is 3.50. The number of hydrogen-bond acceptors (Lipinski definition) is 2. The topological polar surface area (TPSA) is 33.3 Å². The second-order valence-electron chi connectivity index (χ2n) is 3.10. The molecule has 0 heterocycles. The molecule has 0 fully saturated rings. The Morgan fingerprint density at radius 1 is 1.40 bits per heavy atom. The molecule has 0 amide bonds. The Bertz CT molecular complexity index is 303.